The highest BCUT2D eigenvalue weighted by Gasteiger charge is 2.00. The van der Waals surface area contributed by atoms with Crippen LogP contribution in [0.15, 0.2) is 35.5 Å². The van der Waals surface area contributed by atoms with E-state index >= 15 is 0 Å². The second-order valence-corrected chi connectivity index (χ2v) is 3.46. The molecule has 4 nitrogen and oxygen atoms in total. The molecule has 1 aromatic rings. The second kappa shape index (κ2) is 7.45. The van der Waals surface area contributed by atoms with E-state index in [0.29, 0.717) is 12.8 Å². The summed E-state index contributed by atoms with van der Waals surface area (Å²) in [6.45, 7) is 0. The number of nitrogens with one attached hydrogen (secondary N) is 1. The zero-order valence-corrected chi connectivity index (χ0v) is 9.10. The molecule has 0 atom stereocenters. The first-order valence-electron chi connectivity index (χ1n) is 5.33. The Balaban J connectivity index is 2.16. The minimum absolute atomic E-state index is 0.0205. The number of rotatable bonds is 6. The fraction of sp³-hybridized carbons (Fsp3) is 0.333. The number of para-hydroxylation sites is 1. The van der Waals surface area contributed by atoms with Gasteiger partial charge in [-0.05, 0) is 31.4 Å². The quantitative estimate of drug-likeness (QED) is 0.335. The van der Waals surface area contributed by atoms with Crippen LogP contribution in [0.3, 0.4) is 0 Å². The van der Waals surface area contributed by atoms with Gasteiger partial charge in [0.25, 0.3) is 0 Å². The third-order valence-electron chi connectivity index (χ3n) is 2.13. The third kappa shape index (κ3) is 5.14. The van der Waals surface area contributed by atoms with Crippen molar-refractivity contribution in [2.24, 2.45) is 5.16 Å². The lowest BCUT2D eigenvalue weighted by molar-refractivity contribution is -0.116. The fourth-order valence-electron chi connectivity index (χ4n) is 1.32. The number of oxime groups is 1. The number of hydrogen-bond donors (Lipinski definition) is 2. The van der Waals surface area contributed by atoms with Crippen LogP contribution in [-0.4, -0.2) is 17.3 Å². The molecule has 0 saturated heterocycles. The summed E-state index contributed by atoms with van der Waals surface area (Å²) in [6, 6.07) is 9.39. The van der Waals surface area contributed by atoms with Crippen molar-refractivity contribution in [3.05, 3.63) is 30.3 Å². The van der Waals surface area contributed by atoms with Crippen molar-refractivity contribution in [2.45, 2.75) is 25.7 Å². The topological polar surface area (TPSA) is 61.7 Å². The van der Waals surface area contributed by atoms with E-state index in [0.717, 1.165) is 18.5 Å². The maximum Gasteiger partial charge on any atom is 0.224 e. The van der Waals surface area contributed by atoms with Crippen LogP contribution in [0.1, 0.15) is 25.7 Å². The van der Waals surface area contributed by atoms with E-state index in [1.165, 1.54) is 6.21 Å². The van der Waals surface area contributed by atoms with E-state index < -0.39 is 0 Å². The van der Waals surface area contributed by atoms with Crippen LogP contribution in [0.4, 0.5) is 5.69 Å². The summed E-state index contributed by atoms with van der Waals surface area (Å²) in [4.78, 5) is 11.5. The molecule has 0 fully saturated rings. The molecular formula is C12H16N2O2. The van der Waals surface area contributed by atoms with E-state index in [-0.39, 0.29) is 5.91 Å². The molecule has 0 aliphatic rings. The molecule has 4 heteroatoms. The average molecular weight is 220 g/mol. The molecule has 0 aliphatic carbocycles. The number of anilines is 1. The molecule has 0 aromatic heterocycles. The van der Waals surface area contributed by atoms with Crippen LogP contribution in [0.2, 0.25) is 0 Å². The molecule has 0 saturated carbocycles. The van der Waals surface area contributed by atoms with Crippen molar-refractivity contribution >= 4 is 17.8 Å². The van der Waals surface area contributed by atoms with Crippen LogP contribution in [-0.2, 0) is 4.79 Å². The van der Waals surface area contributed by atoms with Gasteiger partial charge in [-0.2, -0.15) is 0 Å². The van der Waals surface area contributed by atoms with Crippen molar-refractivity contribution in [3.8, 4) is 0 Å². The lowest BCUT2D eigenvalue weighted by Crippen LogP contribution is -2.10. The first-order chi connectivity index (χ1) is 7.83. The van der Waals surface area contributed by atoms with Crippen LogP contribution in [0.25, 0.3) is 0 Å². The van der Waals surface area contributed by atoms with Gasteiger partial charge in [0.1, 0.15) is 0 Å². The third-order valence-corrected chi connectivity index (χ3v) is 2.13. The number of carbonyl (C=O) groups is 1. The van der Waals surface area contributed by atoms with Crippen molar-refractivity contribution in [1.29, 1.82) is 0 Å². The van der Waals surface area contributed by atoms with Gasteiger partial charge in [0, 0.05) is 18.3 Å². The van der Waals surface area contributed by atoms with Gasteiger partial charge in [-0.3, -0.25) is 4.79 Å². The zero-order valence-electron chi connectivity index (χ0n) is 9.10. The minimum atomic E-state index is 0.0205. The van der Waals surface area contributed by atoms with Gasteiger partial charge in [0.2, 0.25) is 5.91 Å². The van der Waals surface area contributed by atoms with Crippen LogP contribution < -0.4 is 5.32 Å². The summed E-state index contributed by atoms with van der Waals surface area (Å²) < 4.78 is 0. The highest BCUT2D eigenvalue weighted by molar-refractivity contribution is 5.90. The van der Waals surface area contributed by atoms with Gasteiger partial charge < -0.3 is 10.5 Å². The summed E-state index contributed by atoms with van der Waals surface area (Å²) in [5, 5.41) is 13.9. The molecule has 0 spiro atoms. The average Bonchev–Trinajstić information content (AvgIpc) is 2.30. The van der Waals surface area contributed by atoms with Crippen LogP contribution in [0.5, 0.6) is 0 Å². The van der Waals surface area contributed by atoms with Crippen LogP contribution in [0, 0.1) is 0 Å². The Bertz CT molecular complexity index is 336. The summed E-state index contributed by atoms with van der Waals surface area (Å²) in [6.07, 6.45) is 4.29. The van der Waals surface area contributed by atoms with E-state index in [9.17, 15) is 4.79 Å². The van der Waals surface area contributed by atoms with E-state index in [1.54, 1.807) is 0 Å². The molecule has 0 aliphatic heterocycles. The van der Waals surface area contributed by atoms with E-state index in [1.807, 2.05) is 30.3 Å². The molecular weight excluding hydrogens is 204 g/mol. The Hall–Kier alpha value is -1.84. The van der Waals surface area contributed by atoms with Gasteiger partial charge in [-0.25, -0.2) is 0 Å². The molecule has 16 heavy (non-hydrogen) atoms. The van der Waals surface area contributed by atoms with Gasteiger partial charge in [0.05, 0.1) is 0 Å². The lowest BCUT2D eigenvalue weighted by atomic mass is 10.2. The van der Waals surface area contributed by atoms with Crippen molar-refractivity contribution in [2.75, 3.05) is 5.32 Å². The fourth-order valence-corrected chi connectivity index (χ4v) is 1.32. The minimum Gasteiger partial charge on any atom is -0.411 e. The first kappa shape index (κ1) is 12.2. The number of hydrogen-bond acceptors (Lipinski definition) is 3. The number of benzene rings is 1. The molecule has 0 heterocycles. The highest BCUT2D eigenvalue weighted by atomic mass is 16.4. The normalized spacial score (nSPS) is 10.5. The van der Waals surface area contributed by atoms with Gasteiger partial charge in [-0.1, -0.05) is 18.2 Å². The molecule has 2 N–H and O–H groups in total. The maximum absolute atomic E-state index is 11.5. The van der Waals surface area contributed by atoms with E-state index in [4.69, 9.17) is 5.21 Å². The van der Waals surface area contributed by atoms with Crippen molar-refractivity contribution < 1.29 is 10.0 Å². The Morgan fingerprint density at radius 2 is 2.06 bits per heavy atom. The molecule has 0 bridgehead atoms. The van der Waals surface area contributed by atoms with Crippen molar-refractivity contribution in [1.82, 2.24) is 0 Å². The summed E-state index contributed by atoms with van der Waals surface area (Å²) in [7, 11) is 0. The standard InChI is InChI=1S/C12H16N2O2/c15-12(9-5-2-6-10-13-16)14-11-7-3-1-4-8-11/h1,3-4,7-8,10,16H,2,5-6,9H2,(H,14,15)/b13-10+. The number of amides is 1. The Morgan fingerprint density at radius 3 is 2.75 bits per heavy atom. The molecule has 1 aromatic carbocycles. The Labute approximate surface area is 95.0 Å². The second-order valence-electron chi connectivity index (χ2n) is 3.46. The summed E-state index contributed by atoms with van der Waals surface area (Å²) >= 11 is 0. The predicted molar refractivity (Wildman–Crippen MR) is 63.8 cm³/mol. The molecule has 0 unspecified atom stereocenters. The molecule has 1 amide bonds. The van der Waals surface area contributed by atoms with Gasteiger partial charge in [-0.15, -0.1) is 5.16 Å². The number of nitrogens with zero attached hydrogens (tertiary/aromatic N) is 1. The Morgan fingerprint density at radius 1 is 1.31 bits per heavy atom. The summed E-state index contributed by atoms with van der Waals surface area (Å²) in [5.74, 6) is 0.0205. The smallest absolute Gasteiger partial charge is 0.224 e. The first-order valence-corrected chi connectivity index (χ1v) is 5.33. The molecule has 0 radical (unpaired) electrons. The molecule has 86 valence electrons. The van der Waals surface area contributed by atoms with Gasteiger partial charge >= 0.3 is 0 Å². The zero-order chi connectivity index (χ0) is 11.6. The highest BCUT2D eigenvalue weighted by Crippen LogP contribution is 2.07. The number of carbonyl (C=O) groups excluding carboxylic acids is 1. The van der Waals surface area contributed by atoms with Gasteiger partial charge in [0.15, 0.2) is 0 Å². The number of unbranched alkanes of at least 4 members (excludes halogenated alkanes) is 2. The maximum atomic E-state index is 11.5. The predicted octanol–water partition coefficient (Wildman–Crippen LogP) is 2.65. The SMILES string of the molecule is O=C(CCCC/C=N/O)Nc1ccccc1. The van der Waals surface area contributed by atoms with E-state index in [2.05, 4.69) is 10.5 Å². The van der Waals surface area contributed by atoms with Crippen LogP contribution >= 0.6 is 0 Å². The monoisotopic (exact) mass is 220 g/mol. The van der Waals surface area contributed by atoms with Crippen molar-refractivity contribution in [3.63, 3.8) is 0 Å². The largest absolute Gasteiger partial charge is 0.411 e. The summed E-state index contributed by atoms with van der Waals surface area (Å²) in [5.41, 5.74) is 0.824. The molecule has 1 rings (SSSR count). The lowest BCUT2D eigenvalue weighted by Gasteiger charge is -2.03. The Kier molecular flexibility index (Phi) is 5.70.